The molecule has 0 heterocycles. The number of hydrogen-bond acceptors (Lipinski definition) is 3. The normalized spacial score (nSPS) is 12.2. The first kappa shape index (κ1) is 13.7. The molecule has 0 spiro atoms. The van der Waals surface area contributed by atoms with Gasteiger partial charge < -0.3 is 15.4 Å². The Morgan fingerprint density at radius 2 is 2.12 bits per heavy atom. The minimum Gasteiger partial charge on any atom is -0.367 e. The van der Waals surface area contributed by atoms with Gasteiger partial charge in [0.1, 0.15) is 6.61 Å². The largest absolute Gasteiger partial charge is 0.367 e. The molecule has 0 saturated heterocycles. The molecule has 1 rings (SSSR count). The Balaban J connectivity index is 2.37. The van der Waals surface area contributed by atoms with Gasteiger partial charge in [0.25, 0.3) is 0 Å². The van der Waals surface area contributed by atoms with Crippen LogP contribution in [0.25, 0.3) is 0 Å². The van der Waals surface area contributed by atoms with Crippen molar-refractivity contribution in [3.8, 4) is 0 Å². The predicted molar refractivity (Wildman–Crippen MR) is 69.1 cm³/mol. The van der Waals surface area contributed by atoms with Crippen LogP contribution >= 0.6 is 0 Å². The van der Waals surface area contributed by atoms with Crippen molar-refractivity contribution in [3.63, 3.8) is 0 Å². The van der Waals surface area contributed by atoms with Gasteiger partial charge in [0.05, 0.1) is 6.10 Å². The SMILES string of the molecule is CNCC(C)OCC(=O)Nc1ccccc1C. The summed E-state index contributed by atoms with van der Waals surface area (Å²) in [5.41, 5.74) is 1.88. The average Bonchev–Trinajstić information content (AvgIpc) is 2.30. The molecular weight excluding hydrogens is 216 g/mol. The van der Waals surface area contributed by atoms with Crippen LogP contribution in [0.2, 0.25) is 0 Å². The number of carbonyl (C=O) groups excluding carboxylic acids is 1. The van der Waals surface area contributed by atoms with Crippen molar-refractivity contribution in [1.29, 1.82) is 0 Å². The Kier molecular flexibility index (Phi) is 5.66. The van der Waals surface area contributed by atoms with Crippen LogP contribution in [0.3, 0.4) is 0 Å². The van der Waals surface area contributed by atoms with E-state index in [4.69, 9.17) is 4.74 Å². The Morgan fingerprint density at radius 3 is 2.76 bits per heavy atom. The van der Waals surface area contributed by atoms with Crippen LogP contribution in [0.15, 0.2) is 24.3 Å². The zero-order valence-electron chi connectivity index (χ0n) is 10.6. The summed E-state index contributed by atoms with van der Waals surface area (Å²) in [6, 6.07) is 7.67. The van der Waals surface area contributed by atoms with E-state index in [-0.39, 0.29) is 18.6 Å². The van der Waals surface area contributed by atoms with Crippen molar-refractivity contribution < 1.29 is 9.53 Å². The lowest BCUT2D eigenvalue weighted by Gasteiger charge is -2.13. The van der Waals surface area contributed by atoms with E-state index in [0.717, 1.165) is 17.8 Å². The van der Waals surface area contributed by atoms with Crippen LogP contribution in [0.4, 0.5) is 5.69 Å². The third kappa shape index (κ3) is 4.97. The lowest BCUT2D eigenvalue weighted by molar-refractivity contribution is -0.122. The van der Waals surface area contributed by atoms with E-state index in [9.17, 15) is 4.79 Å². The average molecular weight is 236 g/mol. The summed E-state index contributed by atoms with van der Waals surface area (Å²) >= 11 is 0. The highest BCUT2D eigenvalue weighted by atomic mass is 16.5. The van der Waals surface area contributed by atoms with Gasteiger partial charge in [-0.25, -0.2) is 0 Å². The zero-order valence-corrected chi connectivity index (χ0v) is 10.6. The number of carbonyl (C=O) groups is 1. The second kappa shape index (κ2) is 7.04. The molecule has 0 saturated carbocycles. The first-order valence-corrected chi connectivity index (χ1v) is 5.75. The number of benzene rings is 1. The van der Waals surface area contributed by atoms with Crippen LogP contribution in [-0.2, 0) is 9.53 Å². The highest BCUT2D eigenvalue weighted by Crippen LogP contribution is 2.12. The summed E-state index contributed by atoms with van der Waals surface area (Å²) in [5.74, 6) is -0.123. The maximum Gasteiger partial charge on any atom is 0.250 e. The molecular formula is C13H20N2O2. The van der Waals surface area contributed by atoms with Gasteiger partial charge >= 0.3 is 0 Å². The number of amides is 1. The highest BCUT2D eigenvalue weighted by Gasteiger charge is 2.07. The molecule has 94 valence electrons. The quantitative estimate of drug-likeness (QED) is 0.788. The van der Waals surface area contributed by atoms with Crippen molar-refractivity contribution in [2.45, 2.75) is 20.0 Å². The Hall–Kier alpha value is -1.39. The minimum absolute atomic E-state index is 0.0302. The number of hydrogen-bond donors (Lipinski definition) is 2. The molecule has 0 aliphatic carbocycles. The number of aryl methyl sites for hydroxylation is 1. The summed E-state index contributed by atoms with van der Waals surface area (Å²) in [6.45, 7) is 4.70. The maximum absolute atomic E-state index is 11.6. The van der Waals surface area contributed by atoms with Crippen molar-refractivity contribution in [1.82, 2.24) is 5.32 Å². The van der Waals surface area contributed by atoms with Crippen molar-refractivity contribution in [2.24, 2.45) is 0 Å². The van der Waals surface area contributed by atoms with Gasteiger partial charge in [0, 0.05) is 12.2 Å². The zero-order chi connectivity index (χ0) is 12.7. The summed E-state index contributed by atoms with van der Waals surface area (Å²) in [5, 5.41) is 5.82. The number of likely N-dealkylation sites (N-methyl/N-ethyl adjacent to an activating group) is 1. The van der Waals surface area contributed by atoms with E-state index in [0.29, 0.717) is 0 Å². The molecule has 4 heteroatoms. The number of para-hydroxylation sites is 1. The van der Waals surface area contributed by atoms with E-state index in [2.05, 4.69) is 10.6 Å². The standard InChI is InChI=1S/C13H20N2O2/c1-10-6-4-5-7-12(10)15-13(16)9-17-11(2)8-14-3/h4-7,11,14H,8-9H2,1-3H3,(H,15,16). The first-order valence-electron chi connectivity index (χ1n) is 5.75. The predicted octanol–water partition coefficient (Wildman–Crippen LogP) is 1.56. The van der Waals surface area contributed by atoms with Crippen molar-refractivity contribution >= 4 is 11.6 Å². The monoisotopic (exact) mass is 236 g/mol. The minimum atomic E-state index is -0.123. The molecule has 2 N–H and O–H groups in total. The first-order chi connectivity index (χ1) is 8.13. The number of ether oxygens (including phenoxy) is 1. The van der Waals surface area contributed by atoms with Gasteiger partial charge in [0.15, 0.2) is 0 Å². The summed E-state index contributed by atoms with van der Waals surface area (Å²) < 4.78 is 5.38. The van der Waals surface area contributed by atoms with Crippen LogP contribution in [0.1, 0.15) is 12.5 Å². The molecule has 0 radical (unpaired) electrons. The number of anilines is 1. The summed E-state index contributed by atoms with van der Waals surface area (Å²) in [6.07, 6.45) is 0.0302. The molecule has 1 atom stereocenters. The number of rotatable bonds is 6. The van der Waals surface area contributed by atoms with Crippen LogP contribution in [-0.4, -0.2) is 32.2 Å². The Labute approximate surface area is 102 Å². The maximum atomic E-state index is 11.6. The fraction of sp³-hybridized carbons (Fsp3) is 0.462. The third-order valence-corrected chi connectivity index (χ3v) is 2.41. The molecule has 0 aromatic heterocycles. The van der Waals surface area contributed by atoms with E-state index in [1.165, 1.54) is 0 Å². The fourth-order valence-corrected chi connectivity index (χ4v) is 1.46. The molecule has 1 aromatic carbocycles. The summed E-state index contributed by atoms with van der Waals surface area (Å²) in [4.78, 5) is 11.6. The van der Waals surface area contributed by atoms with Gasteiger partial charge in [-0.2, -0.15) is 0 Å². The molecule has 0 bridgehead atoms. The molecule has 17 heavy (non-hydrogen) atoms. The van der Waals surface area contributed by atoms with E-state index in [1.54, 1.807) is 0 Å². The lowest BCUT2D eigenvalue weighted by Crippen LogP contribution is -2.28. The van der Waals surface area contributed by atoms with Gasteiger partial charge in [0.2, 0.25) is 5.91 Å². The molecule has 0 fully saturated rings. The topological polar surface area (TPSA) is 50.4 Å². The smallest absolute Gasteiger partial charge is 0.250 e. The third-order valence-electron chi connectivity index (χ3n) is 2.41. The molecule has 0 aliphatic heterocycles. The second-order valence-electron chi connectivity index (χ2n) is 4.04. The van der Waals surface area contributed by atoms with E-state index >= 15 is 0 Å². The fourth-order valence-electron chi connectivity index (χ4n) is 1.46. The van der Waals surface area contributed by atoms with Crippen LogP contribution in [0.5, 0.6) is 0 Å². The van der Waals surface area contributed by atoms with Gasteiger partial charge in [-0.3, -0.25) is 4.79 Å². The molecule has 1 aromatic rings. The molecule has 1 unspecified atom stereocenters. The van der Waals surface area contributed by atoms with Crippen molar-refractivity contribution in [2.75, 3.05) is 25.5 Å². The molecule has 4 nitrogen and oxygen atoms in total. The van der Waals surface area contributed by atoms with E-state index < -0.39 is 0 Å². The number of nitrogens with one attached hydrogen (secondary N) is 2. The van der Waals surface area contributed by atoms with Gasteiger partial charge in [-0.1, -0.05) is 18.2 Å². The van der Waals surface area contributed by atoms with Gasteiger partial charge in [-0.05, 0) is 32.5 Å². The highest BCUT2D eigenvalue weighted by molar-refractivity contribution is 5.92. The van der Waals surface area contributed by atoms with E-state index in [1.807, 2.05) is 45.2 Å². The lowest BCUT2D eigenvalue weighted by atomic mass is 10.2. The Morgan fingerprint density at radius 1 is 1.41 bits per heavy atom. The van der Waals surface area contributed by atoms with Crippen LogP contribution in [0, 0.1) is 6.92 Å². The van der Waals surface area contributed by atoms with Crippen molar-refractivity contribution in [3.05, 3.63) is 29.8 Å². The van der Waals surface area contributed by atoms with Gasteiger partial charge in [-0.15, -0.1) is 0 Å². The second-order valence-corrected chi connectivity index (χ2v) is 4.04. The van der Waals surface area contributed by atoms with Crippen LogP contribution < -0.4 is 10.6 Å². The Bertz CT molecular complexity index is 366. The summed E-state index contributed by atoms with van der Waals surface area (Å²) in [7, 11) is 1.85. The molecule has 0 aliphatic rings. The molecule has 1 amide bonds.